The molecular weight excluding hydrogens is 977 g/mol. The summed E-state index contributed by atoms with van der Waals surface area (Å²) in [6.07, 6.45) is 18.7. The molecular formula is C52H62Cl4SiZr2. The molecule has 0 bridgehead atoms. The summed E-state index contributed by atoms with van der Waals surface area (Å²) < 4.78 is 0. The van der Waals surface area contributed by atoms with E-state index in [1.165, 1.54) is 143 Å². The standard InChI is InChI=1S/2C25H29.C2H4Si.4ClH.2Zr/c2*1-3-19-10-12-21(13-11-19)23-9-7-8-22-16-20(17-24(22)23)18-25(4-2)14-5-6-15-25;1-3-2;;;;;;/h2*7-13,16-17H,3-6,14-15,18H2,1-2H3;1-2H2;4*1H;;/q2*-1;-2;;;;;2*+4/p-4. The average Bonchev–Trinajstić information content (AvgIpc) is 4.09. The van der Waals surface area contributed by atoms with Crippen LogP contribution in [0, 0.1) is 23.9 Å². The molecule has 0 N–H and O–H groups in total. The van der Waals surface area contributed by atoms with Crippen LogP contribution in [0.2, 0.25) is 0 Å². The van der Waals surface area contributed by atoms with E-state index in [9.17, 15) is 0 Å². The van der Waals surface area contributed by atoms with Crippen LogP contribution < -0.4 is 0 Å². The minimum atomic E-state index is -0.826. The van der Waals surface area contributed by atoms with Gasteiger partial charge in [0.2, 0.25) is 0 Å². The van der Waals surface area contributed by atoms with Crippen LogP contribution in [-0.4, -0.2) is 9.52 Å². The van der Waals surface area contributed by atoms with Crippen LogP contribution in [0.15, 0.2) is 109 Å². The van der Waals surface area contributed by atoms with Gasteiger partial charge in [0.25, 0.3) is 0 Å². The Bertz CT molecular complexity index is 1920. The van der Waals surface area contributed by atoms with E-state index in [0.29, 0.717) is 20.3 Å². The Morgan fingerprint density at radius 2 is 0.864 bits per heavy atom. The van der Waals surface area contributed by atoms with Gasteiger partial charge in [-0.2, -0.15) is 12.1 Å². The van der Waals surface area contributed by atoms with Gasteiger partial charge in [0, 0.05) is 0 Å². The van der Waals surface area contributed by atoms with E-state index >= 15 is 0 Å². The number of halogens is 4. The molecule has 2 aliphatic rings. The third kappa shape index (κ3) is 14.6. The molecule has 0 heterocycles. The van der Waals surface area contributed by atoms with Gasteiger partial charge in [-0.1, -0.05) is 138 Å². The summed E-state index contributed by atoms with van der Waals surface area (Å²) in [7, 11) is 20.3. The molecule has 6 aromatic carbocycles. The first-order valence-electron chi connectivity index (χ1n) is 21.5. The molecule has 0 aliphatic heterocycles. The van der Waals surface area contributed by atoms with Crippen molar-refractivity contribution < 1.29 is 41.7 Å². The topological polar surface area (TPSA) is 0 Å². The van der Waals surface area contributed by atoms with Crippen LogP contribution in [0.25, 0.3) is 43.8 Å². The molecule has 59 heavy (non-hydrogen) atoms. The van der Waals surface area contributed by atoms with Gasteiger partial charge in [0.1, 0.15) is 0 Å². The van der Waals surface area contributed by atoms with Gasteiger partial charge in [0.05, 0.1) is 0 Å². The van der Waals surface area contributed by atoms with E-state index in [1.807, 2.05) is 0 Å². The number of fused-ring (bicyclic) bond motifs is 2. The fourth-order valence-electron chi connectivity index (χ4n) is 9.57. The van der Waals surface area contributed by atoms with Crippen LogP contribution >= 0.6 is 34.1 Å². The third-order valence-corrected chi connectivity index (χ3v) is 13.0. The molecule has 0 nitrogen and oxygen atoms in total. The number of aryl methyl sites for hydroxylation is 2. The molecule has 310 valence electrons. The van der Waals surface area contributed by atoms with E-state index in [4.69, 9.17) is 34.1 Å². The Hall–Kier alpha value is -0.757. The van der Waals surface area contributed by atoms with Gasteiger partial charge < -0.3 is 22.6 Å². The molecule has 2 aliphatic carbocycles. The Kier molecular flexibility index (Phi) is 23.1. The number of hydrogen-bond donors (Lipinski definition) is 0. The molecule has 0 unspecified atom stereocenters. The van der Waals surface area contributed by atoms with E-state index in [1.54, 1.807) is 0 Å². The second-order valence-electron chi connectivity index (χ2n) is 16.3. The van der Waals surface area contributed by atoms with Gasteiger partial charge in [0.15, 0.2) is 0 Å². The fourth-order valence-corrected chi connectivity index (χ4v) is 9.57. The summed E-state index contributed by atoms with van der Waals surface area (Å²) in [5.74, 6) is 0. The second-order valence-corrected chi connectivity index (χ2v) is 24.3. The van der Waals surface area contributed by atoms with Crippen molar-refractivity contribution in [1.82, 2.24) is 0 Å². The molecule has 0 spiro atoms. The molecule has 0 atom stereocenters. The van der Waals surface area contributed by atoms with Crippen molar-refractivity contribution in [1.29, 1.82) is 0 Å². The van der Waals surface area contributed by atoms with E-state index < -0.39 is 41.7 Å². The van der Waals surface area contributed by atoms with Crippen molar-refractivity contribution in [2.75, 3.05) is 0 Å². The van der Waals surface area contributed by atoms with Crippen molar-refractivity contribution >= 4 is 65.1 Å². The zero-order chi connectivity index (χ0) is 42.7. The summed E-state index contributed by atoms with van der Waals surface area (Å²) in [6, 6.07) is 41.5. The van der Waals surface area contributed by atoms with Crippen LogP contribution in [0.3, 0.4) is 0 Å². The third-order valence-electron chi connectivity index (χ3n) is 13.0. The van der Waals surface area contributed by atoms with Crippen molar-refractivity contribution in [3.05, 3.63) is 145 Å². The predicted octanol–water partition coefficient (Wildman–Crippen LogP) is 17.6. The Morgan fingerprint density at radius 1 is 0.542 bits per heavy atom. The average molecular weight is 1040 g/mol. The van der Waals surface area contributed by atoms with Gasteiger partial charge in [-0.15, -0.1) is 69.1 Å². The zero-order valence-corrected chi connectivity index (χ0v) is 44.7. The van der Waals surface area contributed by atoms with Crippen LogP contribution in [0.4, 0.5) is 0 Å². The molecule has 6 aromatic rings. The van der Waals surface area contributed by atoms with E-state index in [0.717, 1.165) is 12.8 Å². The Balaban J connectivity index is 0.000000218. The molecule has 2 saturated carbocycles. The summed E-state index contributed by atoms with van der Waals surface area (Å²) in [6.45, 7) is 16.0. The maximum absolute atomic E-state index is 4.93. The first-order valence-corrected chi connectivity index (χ1v) is 35.5. The monoisotopic (exact) mass is 1030 g/mol. The molecule has 2 radical (unpaired) electrons. The fraction of sp³-hybridized carbons (Fsp3) is 0.385. The van der Waals surface area contributed by atoms with Crippen molar-refractivity contribution in [3.63, 3.8) is 0 Å². The number of hydrogen-bond acceptors (Lipinski definition) is 0. The quantitative estimate of drug-likeness (QED) is 0.0947. The van der Waals surface area contributed by atoms with Crippen molar-refractivity contribution in [3.8, 4) is 22.3 Å². The second kappa shape index (κ2) is 26.8. The first-order chi connectivity index (χ1) is 28.7. The van der Waals surface area contributed by atoms with Crippen molar-refractivity contribution in [2.45, 2.75) is 118 Å². The first kappa shape index (κ1) is 50.9. The van der Waals surface area contributed by atoms with Crippen LogP contribution in [0.1, 0.15) is 114 Å². The molecule has 2 fully saturated rings. The van der Waals surface area contributed by atoms with E-state index in [2.05, 4.69) is 150 Å². The van der Waals surface area contributed by atoms with Crippen molar-refractivity contribution in [2.24, 2.45) is 10.8 Å². The molecule has 0 aromatic heterocycles. The molecule has 8 rings (SSSR count). The van der Waals surface area contributed by atoms with Gasteiger partial charge >= 0.3 is 75.7 Å². The van der Waals surface area contributed by atoms with Crippen LogP contribution in [0.5, 0.6) is 0 Å². The summed E-state index contributed by atoms with van der Waals surface area (Å²) >= 11 is -1.65. The normalized spacial score (nSPS) is 14.7. The Labute approximate surface area is 397 Å². The van der Waals surface area contributed by atoms with E-state index in [-0.39, 0.29) is 0 Å². The summed E-state index contributed by atoms with van der Waals surface area (Å²) in [4.78, 5) is 0. The summed E-state index contributed by atoms with van der Waals surface area (Å²) in [5.41, 5.74) is 12.5. The van der Waals surface area contributed by atoms with Crippen LogP contribution in [-0.2, 0) is 67.4 Å². The van der Waals surface area contributed by atoms with Gasteiger partial charge in [-0.3, -0.25) is 0 Å². The number of rotatable bonds is 10. The zero-order valence-electron chi connectivity index (χ0n) is 35.7. The molecule has 7 heteroatoms. The SMILES string of the molecule is CCc1ccc(-c2cccc3[cH-]c(CC4(CC)CCCC4)cc23)cc1.CCc1ccc(-c2cccc3[cH-]c(CC4(CC)CCCC4)cc23)cc1.[CH2-][Si][CH2-].[Cl][Zr+2][Cl].[Cl][Zr+2][Cl]. The van der Waals surface area contributed by atoms with Gasteiger partial charge in [-0.05, 0) is 84.5 Å². The maximum atomic E-state index is 4.93. The predicted molar refractivity (Wildman–Crippen MR) is 258 cm³/mol. The number of benzene rings is 4. The summed E-state index contributed by atoms with van der Waals surface area (Å²) in [5, 5.41) is 5.64. The molecule has 0 amide bonds. The Morgan fingerprint density at radius 3 is 1.15 bits per heavy atom. The van der Waals surface area contributed by atoms with Gasteiger partial charge in [-0.25, -0.2) is 0 Å². The molecule has 0 saturated heterocycles. The minimum absolute atomic E-state index is 0.563.